The lowest BCUT2D eigenvalue weighted by Gasteiger charge is -2.25. The van der Waals surface area contributed by atoms with Crippen molar-refractivity contribution in [1.29, 1.82) is 0 Å². The van der Waals surface area contributed by atoms with Crippen LogP contribution in [0, 0.1) is 0 Å². The Morgan fingerprint density at radius 2 is 1.07 bits per heavy atom. The Labute approximate surface area is 244 Å². The molecule has 0 saturated carbocycles. The van der Waals surface area contributed by atoms with E-state index in [0.29, 0.717) is 0 Å². The van der Waals surface area contributed by atoms with E-state index in [4.69, 9.17) is 0 Å². The highest BCUT2D eigenvalue weighted by Crippen LogP contribution is 2.53. The topological polar surface area (TPSA) is 29.6 Å². The van der Waals surface area contributed by atoms with Crippen molar-refractivity contribution in [2.75, 3.05) is 0 Å². The van der Waals surface area contributed by atoms with Crippen molar-refractivity contribution >= 4 is 46.1 Å². The molecule has 0 spiro atoms. The molecule has 0 N–H and O–H groups in total. The molecule has 3 heteroatoms. The van der Waals surface area contributed by atoms with Crippen LogP contribution in [0.25, 0.3) is 72.0 Å². The Morgan fingerprint density at radius 3 is 1.69 bits per heavy atom. The van der Waals surface area contributed by atoms with Gasteiger partial charge in [0.1, 0.15) is 0 Å². The summed E-state index contributed by atoms with van der Waals surface area (Å²) in [6, 6.07) is 45.8. The van der Waals surface area contributed by atoms with Crippen molar-refractivity contribution in [3.63, 3.8) is 0 Å². The van der Waals surface area contributed by atoms with E-state index in [0.717, 1.165) is 39.3 Å². The van der Waals surface area contributed by atoms with Crippen LogP contribution in [0.15, 0.2) is 137 Å². The molecule has 1 aliphatic rings. The van der Waals surface area contributed by atoms with E-state index in [2.05, 4.69) is 149 Å². The van der Waals surface area contributed by atoms with Gasteiger partial charge in [0.05, 0.1) is 22.4 Å². The summed E-state index contributed by atoms with van der Waals surface area (Å²) in [5.41, 5.74) is 14.3. The van der Waals surface area contributed by atoms with Crippen molar-refractivity contribution in [3.8, 4) is 50.2 Å². The van der Waals surface area contributed by atoms with Crippen molar-refractivity contribution in [2.45, 2.75) is 6.92 Å². The lowest BCUT2D eigenvalue weighted by molar-refractivity contribution is 1.18. The minimum absolute atomic E-state index is 0.797. The quantitative estimate of drug-likeness (QED) is 0.201. The van der Waals surface area contributed by atoms with Gasteiger partial charge in [0.15, 0.2) is 0 Å². The smallest absolute Gasteiger partial charge is 0.0963 e. The number of fused-ring (bicyclic) bond motifs is 11. The van der Waals surface area contributed by atoms with Gasteiger partial charge >= 0.3 is 0 Å². The molecule has 1 aromatic heterocycles. The monoisotopic (exact) mass is 537 g/mol. The predicted octanol–water partition coefficient (Wildman–Crippen LogP) is 10.8. The second-order valence-electron chi connectivity index (χ2n) is 10.6. The molecule has 0 bridgehead atoms. The molecule has 0 fully saturated rings. The molecule has 7 aromatic rings. The van der Waals surface area contributed by atoms with E-state index in [1.165, 1.54) is 44.1 Å². The average Bonchev–Trinajstić information content (AvgIpc) is 3.38. The highest BCUT2D eigenvalue weighted by Gasteiger charge is 2.25. The molecule has 0 saturated heterocycles. The molecule has 3 nitrogen and oxygen atoms in total. The predicted molar refractivity (Wildman–Crippen MR) is 179 cm³/mol. The molecule has 0 unspecified atom stereocenters. The summed E-state index contributed by atoms with van der Waals surface area (Å²) in [6.07, 6.45) is 1.81. The summed E-state index contributed by atoms with van der Waals surface area (Å²) in [7, 11) is 0. The largest absolute Gasteiger partial charge is 0.309 e. The Kier molecular flexibility index (Phi) is 5.51. The number of rotatable bonds is 3. The number of nitrogens with zero attached hydrogens (tertiary/aromatic N) is 3. The molecular formula is C39H27N3. The summed E-state index contributed by atoms with van der Waals surface area (Å²) in [5, 5.41) is 2.50. The van der Waals surface area contributed by atoms with Crippen LogP contribution in [-0.4, -0.2) is 17.5 Å². The highest BCUT2D eigenvalue weighted by molar-refractivity contribution is 6.11. The number of benzene rings is 6. The first-order valence-corrected chi connectivity index (χ1v) is 14.2. The molecule has 6 aromatic carbocycles. The van der Waals surface area contributed by atoms with E-state index in [1.807, 2.05) is 13.1 Å². The Bertz CT molecular complexity index is 2180. The third-order valence-electron chi connectivity index (χ3n) is 8.42. The standard InChI is InChI=1S/C39H27N3/c1-3-41-35-23-22-33-34-24-25(42-36-18-10-8-15-30(36)31-16-9-11-19-37(31)42)20-21-29(34)27-13-5-4-12-26(27)28-14-6-7-17-32(28)38(33)39(35)40-2/h3-24H,2H2,1H3/b28-26?,29-27?,34-33?,38-32?,41-3-. The normalized spacial score (nSPS) is 11.9. The van der Waals surface area contributed by atoms with Crippen LogP contribution in [0.4, 0.5) is 11.4 Å². The zero-order chi connectivity index (χ0) is 28.2. The number of aromatic nitrogens is 1. The van der Waals surface area contributed by atoms with E-state index in [1.54, 1.807) is 0 Å². The Hall–Kier alpha value is -5.54. The first kappa shape index (κ1) is 24.3. The van der Waals surface area contributed by atoms with Crippen LogP contribution in [0.3, 0.4) is 0 Å². The SMILES string of the molecule is C=Nc1c(/N=C\C)ccc2c1-c1ccccc1-c1ccccc1-c1ccc(-n3c4ccccc4c4ccccc43)cc1-2. The van der Waals surface area contributed by atoms with Gasteiger partial charge < -0.3 is 4.57 Å². The zero-order valence-electron chi connectivity index (χ0n) is 23.3. The number of hydrogen-bond acceptors (Lipinski definition) is 2. The van der Waals surface area contributed by atoms with Gasteiger partial charge in [0.2, 0.25) is 0 Å². The molecule has 1 aliphatic carbocycles. The van der Waals surface area contributed by atoms with Crippen LogP contribution in [0.2, 0.25) is 0 Å². The Morgan fingerprint density at radius 1 is 0.548 bits per heavy atom. The number of hydrogen-bond donors (Lipinski definition) is 0. The van der Waals surface area contributed by atoms with Crippen LogP contribution >= 0.6 is 0 Å². The fraction of sp³-hybridized carbons (Fsp3) is 0.0256. The first-order valence-electron chi connectivity index (χ1n) is 14.2. The molecule has 42 heavy (non-hydrogen) atoms. The third kappa shape index (κ3) is 3.47. The Balaban J connectivity index is 1.52. The van der Waals surface area contributed by atoms with Gasteiger partial charge in [-0.15, -0.1) is 0 Å². The van der Waals surface area contributed by atoms with Crippen LogP contribution in [-0.2, 0) is 0 Å². The van der Waals surface area contributed by atoms with E-state index in [9.17, 15) is 0 Å². The molecular weight excluding hydrogens is 510 g/mol. The number of para-hydroxylation sites is 2. The second-order valence-corrected chi connectivity index (χ2v) is 10.6. The summed E-state index contributed by atoms with van der Waals surface area (Å²) in [4.78, 5) is 9.26. The van der Waals surface area contributed by atoms with Gasteiger partial charge in [-0.2, -0.15) is 0 Å². The molecule has 0 atom stereocenters. The van der Waals surface area contributed by atoms with Gasteiger partial charge in [-0.1, -0.05) is 97.1 Å². The van der Waals surface area contributed by atoms with Crippen molar-refractivity contribution in [1.82, 2.24) is 4.57 Å². The fourth-order valence-corrected chi connectivity index (χ4v) is 6.70. The first-order chi connectivity index (χ1) is 20.8. The zero-order valence-corrected chi connectivity index (χ0v) is 23.3. The van der Waals surface area contributed by atoms with Gasteiger partial charge in [0.25, 0.3) is 0 Å². The number of aliphatic imine (C=N–C) groups is 2. The highest BCUT2D eigenvalue weighted by atomic mass is 15.0. The van der Waals surface area contributed by atoms with Gasteiger partial charge in [-0.25, -0.2) is 0 Å². The van der Waals surface area contributed by atoms with Crippen molar-refractivity contribution < 1.29 is 0 Å². The lowest BCUT2D eigenvalue weighted by atomic mass is 9.80. The molecule has 0 amide bonds. The van der Waals surface area contributed by atoms with Gasteiger partial charge in [-0.3, -0.25) is 9.98 Å². The van der Waals surface area contributed by atoms with Gasteiger partial charge in [-0.05, 0) is 82.9 Å². The van der Waals surface area contributed by atoms with E-state index < -0.39 is 0 Å². The maximum absolute atomic E-state index is 4.68. The maximum atomic E-state index is 4.68. The molecule has 198 valence electrons. The van der Waals surface area contributed by atoms with Crippen LogP contribution < -0.4 is 0 Å². The minimum Gasteiger partial charge on any atom is -0.309 e. The molecule has 0 aliphatic heterocycles. The molecule has 8 rings (SSSR count). The van der Waals surface area contributed by atoms with Crippen LogP contribution in [0.1, 0.15) is 6.92 Å². The molecule has 0 radical (unpaired) electrons. The minimum atomic E-state index is 0.797. The summed E-state index contributed by atoms with van der Waals surface area (Å²) < 4.78 is 2.38. The molecule has 1 heterocycles. The summed E-state index contributed by atoms with van der Waals surface area (Å²) in [6.45, 7) is 5.94. The summed E-state index contributed by atoms with van der Waals surface area (Å²) >= 11 is 0. The van der Waals surface area contributed by atoms with Gasteiger partial charge in [0, 0.05) is 28.2 Å². The fourth-order valence-electron chi connectivity index (χ4n) is 6.70. The lowest BCUT2D eigenvalue weighted by Crippen LogP contribution is -2.00. The van der Waals surface area contributed by atoms with Crippen molar-refractivity contribution in [3.05, 3.63) is 127 Å². The third-order valence-corrected chi connectivity index (χ3v) is 8.42. The average molecular weight is 538 g/mol. The van der Waals surface area contributed by atoms with E-state index in [-0.39, 0.29) is 0 Å². The van der Waals surface area contributed by atoms with E-state index >= 15 is 0 Å². The van der Waals surface area contributed by atoms with Crippen LogP contribution in [0.5, 0.6) is 0 Å². The summed E-state index contributed by atoms with van der Waals surface area (Å²) in [5.74, 6) is 0. The maximum Gasteiger partial charge on any atom is 0.0963 e. The van der Waals surface area contributed by atoms with Crippen molar-refractivity contribution in [2.24, 2.45) is 9.98 Å². The second kappa shape index (κ2) is 9.53.